The van der Waals surface area contributed by atoms with Crippen LogP contribution in [-0.2, 0) is 4.79 Å². The molecule has 186 valence electrons. The predicted molar refractivity (Wildman–Crippen MR) is 134 cm³/mol. The van der Waals surface area contributed by atoms with Crippen LogP contribution in [0.15, 0.2) is 48.7 Å². The summed E-state index contributed by atoms with van der Waals surface area (Å²) in [5.74, 6) is 0.529. The number of anilines is 2. The van der Waals surface area contributed by atoms with Crippen LogP contribution in [0.5, 0.6) is 5.75 Å². The number of ether oxygens (including phenoxy) is 1. The lowest BCUT2D eigenvalue weighted by atomic mass is 10.2. The molecule has 1 aromatic carbocycles. The summed E-state index contributed by atoms with van der Waals surface area (Å²) in [5.41, 5.74) is 1.34. The molecule has 0 spiro atoms. The van der Waals surface area contributed by atoms with Gasteiger partial charge < -0.3 is 20.3 Å². The highest BCUT2D eigenvalue weighted by Gasteiger charge is 2.27. The van der Waals surface area contributed by atoms with Gasteiger partial charge in [0.1, 0.15) is 17.7 Å². The zero-order valence-corrected chi connectivity index (χ0v) is 20.3. The van der Waals surface area contributed by atoms with Crippen LogP contribution >= 0.6 is 11.6 Å². The van der Waals surface area contributed by atoms with Gasteiger partial charge in [-0.2, -0.15) is 0 Å². The lowest BCUT2D eigenvalue weighted by Gasteiger charge is -2.18. The van der Waals surface area contributed by atoms with Crippen molar-refractivity contribution in [1.29, 1.82) is 0 Å². The molecule has 0 aliphatic carbocycles. The van der Waals surface area contributed by atoms with Gasteiger partial charge in [0.15, 0.2) is 0 Å². The van der Waals surface area contributed by atoms with Crippen LogP contribution in [0.2, 0.25) is 5.02 Å². The average Bonchev–Trinajstić information content (AvgIpc) is 3.49. The van der Waals surface area contributed by atoms with E-state index in [0.717, 1.165) is 12.1 Å². The summed E-state index contributed by atoms with van der Waals surface area (Å²) in [6.45, 7) is 2.84. The standard InChI is InChI=1S/C25H29ClFN5O3/c1-35-22-13-19(5-6-21(22)26)29-20-9-12-32(16-20)25(34)17-4-7-23(28-14-17)30-24(33)3-2-10-31-11-8-18(27)15-31/h2-7,13-14,18,20,29H,8-12,15-16H2,1H3,(H,28,30,33)/b3-2+/t18-,20-/m1/s1. The highest BCUT2D eigenvalue weighted by molar-refractivity contribution is 6.32. The molecule has 35 heavy (non-hydrogen) atoms. The normalized spacial score (nSPS) is 20.4. The number of halogens is 2. The molecular weight excluding hydrogens is 473 g/mol. The largest absolute Gasteiger partial charge is 0.495 e. The number of alkyl halides is 1. The summed E-state index contributed by atoms with van der Waals surface area (Å²) in [7, 11) is 1.57. The van der Waals surface area contributed by atoms with Crippen LogP contribution in [0, 0.1) is 0 Å². The molecule has 2 saturated heterocycles. The summed E-state index contributed by atoms with van der Waals surface area (Å²) in [4.78, 5) is 32.9. The number of rotatable bonds is 8. The lowest BCUT2D eigenvalue weighted by molar-refractivity contribution is -0.111. The van der Waals surface area contributed by atoms with Crippen molar-refractivity contribution >= 4 is 34.9 Å². The Morgan fingerprint density at radius 2 is 2.09 bits per heavy atom. The molecule has 2 aliphatic heterocycles. The van der Waals surface area contributed by atoms with E-state index in [1.807, 2.05) is 17.0 Å². The third-order valence-electron chi connectivity index (χ3n) is 6.11. The maximum absolute atomic E-state index is 13.2. The molecule has 2 fully saturated rings. The van der Waals surface area contributed by atoms with Crippen molar-refractivity contribution in [2.24, 2.45) is 0 Å². The number of pyridine rings is 1. The zero-order chi connectivity index (χ0) is 24.8. The van der Waals surface area contributed by atoms with E-state index in [2.05, 4.69) is 15.6 Å². The van der Waals surface area contributed by atoms with E-state index < -0.39 is 6.17 Å². The van der Waals surface area contributed by atoms with E-state index in [0.29, 0.717) is 61.3 Å². The van der Waals surface area contributed by atoms with Crippen molar-refractivity contribution in [3.8, 4) is 5.75 Å². The summed E-state index contributed by atoms with van der Waals surface area (Å²) in [6.07, 6.45) is 5.18. The van der Waals surface area contributed by atoms with E-state index in [1.165, 1.54) is 12.3 Å². The fraction of sp³-hybridized carbons (Fsp3) is 0.400. The number of nitrogens with one attached hydrogen (secondary N) is 2. The average molecular weight is 502 g/mol. The number of carbonyl (C=O) groups excluding carboxylic acids is 2. The topological polar surface area (TPSA) is 86.8 Å². The van der Waals surface area contributed by atoms with Crippen molar-refractivity contribution in [3.05, 3.63) is 59.3 Å². The molecule has 0 saturated carbocycles. The first-order valence-corrected chi connectivity index (χ1v) is 12.0. The third-order valence-corrected chi connectivity index (χ3v) is 6.42. The fourth-order valence-corrected chi connectivity index (χ4v) is 4.45. The minimum atomic E-state index is -0.780. The number of likely N-dealkylation sites (tertiary alicyclic amines) is 2. The number of aromatic nitrogens is 1. The number of amides is 2. The Hall–Kier alpha value is -3.17. The molecule has 2 aromatic rings. The number of hydrogen-bond donors (Lipinski definition) is 2. The first-order chi connectivity index (χ1) is 16.9. The van der Waals surface area contributed by atoms with Gasteiger partial charge >= 0.3 is 0 Å². The van der Waals surface area contributed by atoms with Crippen molar-refractivity contribution < 1.29 is 18.7 Å². The third kappa shape index (κ3) is 6.70. The molecule has 0 radical (unpaired) electrons. The first-order valence-electron chi connectivity index (χ1n) is 11.6. The van der Waals surface area contributed by atoms with Crippen LogP contribution in [0.4, 0.5) is 15.9 Å². The van der Waals surface area contributed by atoms with Crippen molar-refractivity contribution in [2.75, 3.05) is 50.5 Å². The molecule has 1 aromatic heterocycles. The van der Waals surface area contributed by atoms with E-state index in [-0.39, 0.29) is 17.9 Å². The van der Waals surface area contributed by atoms with Crippen LogP contribution in [0.25, 0.3) is 0 Å². The van der Waals surface area contributed by atoms with Gasteiger partial charge in [0.05, 0.1) is 17.7 Å². The molecule has 2 amide bonds. The number of nitrogens with zero attached hydrogens (tertiary/aromatic N) is 3. The molecule has 8 nitrogen and oxygen atoms in total. The second-order valence-electron chi connectivity index (χ2n) is 8.70. The summed E-state index contributed by atoms with van der Waals surface area (Å²) in [5, 5.41) is 6.64. The first kappa shape index (κ1) is 24.9. The van der Waals surface area contributed by atoms with Crippen molar-refractivity contribution in [1.82, 2.24) is 14.8 Å². The number of methoxy groups -OCH3 is 1. The molecule has 4 rings (SSSR count). The van der Waals surface area contributed by atoms with Crippen LogP contribution in [0.1, 0.15) is 23.2 Å². The molecule has 10 heteroatoms. The van der Waals surface area contributed by atoms with Crippen LogP contribution in [0.3, 0.4) is 0 Å². The minimum absolute atomic E-state index is 0.106. The quantitative estimate of drug-likeness (QED) is 0.537. The van der Waals surface area contributed by atoms with Gasteiger partial charge in [-0.1, -0.05) is 17.7 Å². The molecular formula is C25H29ClFN5O3. The fourth-order valence-electron chi connectivity index (χ4n) is 4.25. The highest BCUT2D eigenvalue weighted by Crippen LogP contribution is 2.28. The molecule has 3 heterocycles. The van der Waals surface area contributed by atoms with E-state index in [9.17, 15) is 14.0 Å². The van der Waals surface area contributed by atoms with Crippen LogP contribution in [-0.4, -0.2) is 78.6 Å². The van der Waals surface area contributed by atoms with Crippen molar-refractivity contribution in [3.63, 3.8) is 0 Å². The summed E-state index contributed by atoms with van der Waals surface area (Å²) >= 11 is 6.08. The van der Waals surface area contributed by atoms with Gasteiger partial charge in [-0.15, -0.1) is 0 Å². The Morgan fingerprint density at radius 3 is 2.80 bits per heavy atom. The maximum atomic E-state index is 13.2. The van der Waals surface area contributed by atoms with E-state index in [4.69, 9.17) is 16.3 Å². The molecule has 2 aliphatic rings. The summed E-state index contributed by atoms with van der Waals surface area (Å²) in [6, 6.07) is 8.87. The Kier molecular flexibility index (Phi) is 8.20. The number of benzene rings is 1. The van der Waals surface area contributed by atoms with Gasteiger partial charge in [0, 0.05) is 62.8 Å². The second-order valence-corrected chi connectivity index (χ2v) is 9.11. The van der Waals surface area contributed by atoms with Gasteiger partial charge in [-0.3, -0.25) is 14.5 Å². The Labute approximate surface area is 209 Å². The van der Waals surface area contributed by atoms with Gasteiger partial charge in [-0.25, -0.2) is 9.37 Å². The molecule has 2 N–H and O–H groups in total. The van der Waals surface area contributed by atoms with Gasteiger partial charge in [0.2, 0.25) is 5.91 Å². The zero-order valence-electron chi connectivity index (χ0n) is 19.5. The molecule has 0 bridgehead atoms. The Morgan fingerprint density at radius 1 is 1.23 bits per heavy atom. The summed E-state index contributed by atoms with van der Waals surface area (Å²) < 4.78 is 18.4. The molecule has 0 unspecified atom stereocenters. The van der Waals surface area contributed by atoms with E-state index >= 15 is 0 Å². The Balaban J connectivity index is 1.25. The van der Waals surface area contributed by atoms with E-state index in [1.54, 1.807) is 36.3 Å². The number of hydrogen-bond acceptors (Lipinski definition) is 6. The Bertz CT molecular complexity index is 1080. The number of carbonyl (C=O) groups is 2. The predicted octanol–water partition coefficient (Wildman–Crippen LogP) is 3.61. The van der Waals surface area contributed by atoms with Gasteiger partial charge in [-0.05, 0) is 37.1 Å². The smallest absolute Gasteiger partial charge is 0.255 e. The monoisotopic (exact) mass is 501 g/mol. The minimum Gasteiger partial charge on any atom is -0.495 e. The maximum Gasteiger partial charge on any atom is 0.255 e. The second kappa shape index (κ2) is 11.5. The van der Waals surface area contributed by atoms with Crippen molar-refractivity contribution in [2.45, 2.75) is 25.1 Å². The highest BCUT2D eigenvalue weighted by atomic mass is 35.5. The van der Waals surface area contributed by atoms with Crippen LogP contribution < -0.4 is 15.4 Å². The molecule has 2 atom stereocenters. The SMILES string of the molecule is COc1cc(N[C@@H]2CCN(C(=O)c3ccc(NC(=O)/C=C/CN4CC[C@@H](F)C4)nc3)C2)ccc1Cl. The van der Waals surface area contributed by atoms with Gasteiger partial charge in [0.25, 0.3) is 5.91 Å². The lowest BCUT2D eigenvalue weighted by Crippen LogP contribution is -2.31.